The molecular weight excluding hydrogens is 378 g/mol. The van der Waals surface area contributed by atoms with Crippen LogP contribution in [0.15, 0.2) is 79.0 Å². The van der Waals surface area contributed by atoms with Crippen LogP contribution in [-0.4, -0.2) is 33.5 Å². The highest BCUT2D eigenvalue weighted by atomic mass is 16.4. The predicted octanol–water partition coefficient (Wildman–Crippen LogP) is 3.44. The Morgan fingerprint density at radius 3 is 2.30 bits per heavy atom. The van der Waals surface area contributed by atoms with Crippen molar-refractivity contribution in [3.8, 4) is 0 Å². The first kappa shape index (κ1) is 21.2. The fourth-order valence-corrected chi connectivity index (χ4v) is 3.36. The number of rotatable bonds is 9. The minimum atomic E-state index is -0.831. The number of carboxylic acid groups (broad SMARTS) is 1. The largest absolute Gasteiger partial charge is 0.481 e. The van der Waals surface area contributed by atoms with Crippen molar-refractivity contribution in [3.05, 3.63) is 101 Å². The summed E-state index contributed by atoms with van der Waals surface area (Å²) in [6.07, 6.45) is 2.92. The lowest BCUT2D eigenvalue weighted by molar-refractivity contribution is -0.137. The molecule has 1 amide bonds. The number of aromatic nitrogens is 1. The molecule has 154 valence electrons. The van der Waals surface area contributed by atoms with Crippen molar-refractivity contribution in [2.24, 2.45) is 5.84 Å². The Balaban J connectivity index is 1.62. The average Bonchev–Trinajstić information content (AvgIpc) is 2.78. The zero-order chi connectivity index (χ0) is 21.3. The number of carboxylic acids is 1. The number of hydrogen-bond donors (Lipinski definition) is 2. The summed E-state index contributed by atoms with van der Waals surface area (Å²) in [7, 11) is 0. The molecule has 6 heteroatoms. The molecule has 0 fully saturated rings. The zero-order valence-corrected chi connectivity index (χ0v) is 16.6. The summed E-state index contributed by atoms with van der Waals surface area (Å²) in [5, 5.41) is 10.5. The molecule has 0 radical (unpaired) electrons. The maximum absolute atomic E-state index is 12.6. The number of hydrazine groups is 1. The van der Waals surface area contributed by atoms with Crippen molar-refractivity contribution in [1.82, 2.24) is 9.99 Å². The van der Waals surface area contributed by atoms with Gasteiger partial charge in [0.15, 0.2) is 0 Å². The van der Waals surface area contributed by atoms with Crippen molar-refractivity contribution >= 4 is 11.9 Å². The second kappa shape index (κ2) is 10.3. The Hall–Kier alpha value is -3.51. The van der Waals surface area contributed by atoms with Crippen molar-refractivity contribution in [3.63, 3.8) is 0 Å². The number of hydrogen-bond acceptors (Lipinski definition) is 4. The highest BCUT2D eigenvalue weighted by molar-refractivity contribution is 5.93. The van der Waals surface area contributed by atoms with E-state index in [1.165, 1.54) is 5.01 Å². The molecule has 0 aliphatic carbocycles. The fourth-order valence-electron chi connectivity index (χ4n) is 3.36. The fraction of sp³-hybridized carbons (Fsp3) is 0.208. The smallest absolute Gasteiger partial charge is 0.303 e. The van der Waals surface area contributed by atoms with E-state index in [0.29, 0.717) is 24.9 Å². The van der Waals surface area contributed by atoms with Crippen LogP contribution >= 0.6 is 0 Å². The number of carbonyl (C=O) groups excluding carboxylic acids is 1. The van der Waals surface area contributed by atoms with Gasteiger partial charge in [-0.15, -0.1) is 0 Å². The Morgan fingerprint density at radius 1 is 0.967 bits per heavy atom. The van der Waals surface area contributed by atoms with Crippen LogP contribution in [0.1, 0.15) is 39.5 Å². The van der Waals surface area contributed by atoms with Gasteiger partial charge in [0.1, 0.15) is 0 Å². The van der Waals surface area contributed by atoms with Crippen LogP contribution in [0, 0.1) is 0 Å². The van der Waals surface area contributed by atoms with Gasteiger partial charge in [0, 0.05) is 30.4 Å². The maximum Gasteiger partial charge on any atom is 0.303 e. The maximum atomic E-state index is 12.6. The first-order chi connectivity index (χ1) is 14.5. The lowest BCUT2D eigenvalue weighted by atomic mass is 9.89. The lowest BCUT2D eigenvalue weighted by Gasteiger charge is -2.18. The molecule has 0 bridgehead atoms. The van der Waals surface area contributed by atoms with E-state index >= 15 is 0 Å². The molecule has 3 aromatic rings. The quantitative estimate of drug-likeness (QED) is 0.324. The van der Waals surface area contributed by atoms with E-state index in [-0.39, 0.29) is 18.2 Å². The third-order valence-electron chi connectivity index (χ3n) is 4.97. The number of nitrogens with zero attached hydrogens (tertiary/aromatic N) is 2. The van der Waals surface area contributed by atoms with Crippen LogP contribution in [0.2, 0.25) is 0 Å². The van der Waals surface area contributed by atoms with E-state index < -0.39 is 5.97 Å². The second-order valence-corrected chi connectivity index (χ2v) is 7.18. The Kier molecular flexibility index (Phi) is 7.29. The summed E-state index contributed by atoms with van der Waals surface area (Å²) in [6, 6.07) is 22.4. The zero-order valence-electron chi connectivity index (χ0n) is 16.6. The van der Waals surface area contributed by atoms with Gasteiger partial charge in [-0.25, -0.2) is 5.84 Å². The number of pyridine rings is 1. The van der Waals surface area contributed by atoms with Gasteiger partial charge in [0.05, 0.1) is 6.42 Å². The highest BCUT2D eigenvalue weighted by Gasteiger charge is 2.17. The van der Waals surface area contributed by atoms with Crippen LogP contribution in [0.4, 0.5) is 0 Å². The SMILES string of the molecule is NN(CCc1ccccn1)C(=O)c1ccc(CC(CC(=O)O)c2ccccc2)cc1. The third kappa shape index (κ3) is 5.99. The molecule has 2 aromatic carbocycles. The van der Waals surface area contributed by atoms with E-state index in [1.54, 1.807) is 18.3 Å². The lowest BCUT2D eigenvalue weighted by Crippen LogP contribution is -2.39. The van der Waals surface area contributed by atoms with E-state index in [4.69, 9.17) is 5.84 Å². The molecule has 1 heterocycles. The minimum Gasteiger partial charge on any atom is -0.481 e. The summed E-state index contributed by atoms with van der Waals surface area (Å²) < 4.78 is 0. The van der Waals surface area contributed by atoms with Gasteiger partial charge in [-0.2, -0.15) is 0 Å². The van der Waals surface area contributed by atoms with E-state index in [9.17, 15) is 14.7 Å². The highest BCUT2D eigenvalue weighted by Crippen LogP contribution is 2.24. The van der Waals surface area contributed by atoms with E-state index in [1.807, 2.05) is 60.7 Å². The monoisotopic (exact) mass is 403 g/mol. The van der Waals surface area contributed by atoms with Crippen molar-refractivity contribution in [2.75, 3.05) is 6.54 Å². The molecule has 0 aliphatic heterocycles. The molecular formula is C24H25N3O3. The third-order valence-corrected chi connectivity index (χ3v) is 4.97. The molecule has 1 aromatic heterocycles. The molecule has 0 saturated heterocycles. The molecule has 0 aliphatic rings. The number of benzene rings is 2. The summed E-state index contributed by atoms with van der Waals surface area (Å²) in [6.45, 7) is 0.367. The van der Waals surface area contributed by atoms with Gasteiger partial charge in [-0.05, 0) is 47.7 Å². The average molecular weight is 403 g/mol. The summed E-state index contributed by atoms with van der Waals surface area (Å²) in [4.78, 5) is 28.1. The van der Waals surface area contributed by atoms with E-state index in [0.717, 1.165) is 16.8 Å². The van der Waals surface area contributed by atoms with Gasteiger partial charge < -0.3 is 5.11 Å². The van der Waals surface area contributed by atoms with E-state index in [2.05, 4.69) is 4.98 Å². The van der Waals surface area contributed by atoms with Crippen LogP contribution in [0.5, 0.6) is 0 Å². The molecule has 6 nitrogen and oxygen atoms in total. The van der Waals surface area contributed by atoms with Crippen LogP contribution < -0.4 is 5.84 Å². The number of nitrogens with two attached hydrogens (primary N) is 1. The number of amides is 1. The molecule has 1 unspecified atom stereocenters. The first-order valence-corrected chi connectivity index (χ1v) is 9.85. The Morgan fingerprint density at radius 2 is 1.67 bits per heavy atom. The number of aliphatic carboxylic acids is 1. The standard InChI is InChI=1S/C24H25N3O3/c25-27(15-13-22-8-4-5-14-26-22)24(30)20-11-9-18(10-12-20)16-21(17-23(28)29)19-6-2-1-3-7-19/h1-12,14,21H,13,15-17,25H2,(H,28,29). The predicted molar refractivity (Wildman–Crippen MR) is 115 cm³/mol. The Bertz CT molecular complexity index is 960. The van der Waals surface area contributed by atoms with Gasteiger partial charge in [0.25, 0.3) is 5.91 Å². The van der Waals surface area contributed by atoms with Crippen LogP contribution in [0.25, 0.3) is 0 Å². The molecule has 3 rings (SSSR count). The molecule has 0 spiro atoms. The molecule has 30 heavy (non-hydrogen) atoms. The Labute approximate surface area is 176 Å². The number of carbonyl (C=O) groups is 2. The van der Waals surface area contributed by atoms with Crippen LogP contribution in [0.3, 0.4) is 0 Å². The van der Waals surface area contributed by atoms with Gasteiger partial charge in [-0.3, -0.25) is 19.6 Å². The summed E-state index contributed by atoms with van der Waals surface area (Å²) in [5.41, 5.74) is 3.33. The first-order valence-electron chi connectivity index (χ1n) is 9.85. The summed E-state index contributed by atoms with van der Waals surface area (Å²) in [5.74, 6) is 4.71. The molecule has 3 N–H and O–H groups in total. The molecule has 1 atom stereocenters. The second-order valence-electron chi connectivity index (χ2n) is 7.18. The van der Waals surface area contributed by atoms with Crippen molar-refractivity contribution < 1.29 is 14.7 Å². The topological polar surface area (TPSA) is 96.5 Å². The normalized spacial score (nSPS) is 11.6. The van der Waals surface area contributed by atoms with Gasteiger partial charge in [-0.1, -0.05) is 48.5 Å². The summed E-state index contributed by atoms with van der Waals surface area (Å²) >= 11 is 0. The van der Waals surface area contributed by atoms with Gasteiger partial charge >= 0.3 is 5.97 Å². The van der Waals surface area contributed by atoms with Gasteiger partial charge in [0.2, 0.25) is 0 Å². The molecule has 0 saturated carbocycles. The van der Waals surface area contributed by atoms with Crippen LogP contribution in [-0.2, 0) is 17.6 Å². The van der Waals surface area contributed by atoms with Crippen molar-refractivity contribution in [1.29, 1.82) is 0 Å². The van der Waals surface area contributed by atoms with Crippen molar-refractivity contribution in [2.45, 2.75) is 25.2 Å². The minimum absolute atomic E-state index is 0.0504.